The van der Waals surface area contributed by atoms with Crippen LogP contribution >= 0.6 is 11.8 Å². The first-order chi connectivity index (χ1) is 9.62. The Morgan fingerprint density at radius 1 is 1.38 bits per heavy atom. The number of aryl methyl sites for hydroxylation is 2. The molecule has 2 aromatic rings. The van der Waals surface area contributed by atoms with Gasteiger partial charge in [-0.15, -0.1) is 10.2 Å². The monoisotopic (exact) mass is 323 g/mol. The Balaban J connectivity index is 2.45. The van der Waals surface area contributed by atoms with Gasteiger partial charge in [0.25, 0.3) is 5.82 Å². The van der Waals surface area contributed by atoms with Crippen LogP contribution in [0.3, 0.4) is 0 Å². The molecule has 0 unspecified atom stereocenters. The first kappa shape index (κ1) is 15.1. The zero-order valence-corrected chi connectivity index (χ0v) is 11.4. The van der Waals surface area contributed by atoms with Gasteiger partial charge in [-0.1, -0.05) is 0 Å². The summed E-state index contributed by atoms with van der Waals surface area (Å²) in [5.41, 5.74) is -0.191. The van der Waals surface area contributed by atoms with E-state index in [0.717, 1.165) is 0 Å². The van der Waals surface area contributed by atoms with Crippen LogP contribution in [0.2, 0.25) is 0 Å². The van der Waals surface area contributed by atoms with Crippen molar-refractivity contribution in [2.75, 3.05) is 5.84 Å². The lowest BCUT2D eigenvalue weighted by atomic mass is 10.4. The molecule has 0 amide bonds. The van der Waals surface area contributed by atoms with Crippen LogP contribution in [0.15, 0.2) is 10.2 Å². The fraction of sp³-hybridized carbons (Fsp3) is 0.375. The van der Waals surface area contributed by atoms with Crippen LogP contribution in [0, 0.1) is 17.0 Å². The lowest BCUT2D eigenvalue weighted by Gasteiger charge is -2.05. The molecule has 0 aromatic carbocycles. The summed E-state index contributed by atoms with van der Waals surface area (Å²) in [6.45, 7) is 1.41. The number of hydrogen-bond donors (Lipinski definition) is 1. The summed E-state index contributed by atoms with van der Waals surface area (Å²) in [7, 11) is 1.42. The third-order valence-corrected chi connectivity index (χ3v) is 3.54. The molecule has 9 nitrogen and oxygen atoms in total. The van der Waals surface area contributed by atoms with Crippen LogP contribution in [-0.2, 0) is 13.2 Å². The van der Waals surface area contributed by atoms with Crippen molar-refractivity contribution in [2.24, 2.45) is 7.05 Å². The molecular formula is C8H8F3N7O2S. The second kappa shape index (κ2) is 4.91. The molecule has 2 heterocycles. The largest absolute Gasteiger partial charge is 0.453 e. The second-order valence-electron chi connectivity index (χ2n) is 3.90. The van der Waals surface area contributed by atoms with Crippen molar-refractivity contribution in [1.82, 2.24) is 24.7 Å². The highest BCUT2D eigenvalue weighted by Crippen LogP contribution is 2.36. The molecule has 0 aliphatic heterocycles. The summed E-state index contributed by atoms with van der Waals surface area (Å²) in [6, 6.07) is 0. The lowest BCUT2D eigenvalue weighted by Crippen LogP contribution is -2.21. The van der Waals surface area contributed by atoms with Gasteiger partial charge >= 0.3 is 11.9 Å². The van der Waals surface area contributed by atoms with E-state index >= 15 is 0 Å². The molecule has 0 aliphatic carbocycles. The van der Waals surface area contributed by atoms with E-state index in [0.29, 0.717) is 11.8 Å². The van der Waals surface area contributed by atoms with Gasteiger partial charge in [0, 0.05) is 7.05 Å². The van der Waals surface area contributed by atoms with Crippen molar-refractivity contribution in [2.45, 2.75) is 23.3 Å². The predicted molar refractivity (Wildman–Crippen MR) is 63.9 cm³/mol. The summed E-state index contributed by atoms with van der Waals surface area (Å²) in [5.74, 6) is 3.87. The average Bonchev–Trinajstić information content (AvgIpc) is 2.81. The minimum absolute atomic E-state index is 0.00493. The SMILES string of the molecule is Cc1nn(C)c(Sc2nnc(C(F)(F)F)n2N)c1[N+](=O)[O-]. The maximum Gasteiger partial charge on any atom is 0.453 e. The van der Waals surface area contributed by atoms with Gasteiger partial charge in [0.1, 0.15) is 5.69 Å². The molecule has 0 aliphatic rings. The van der Waals surface area contributed by atoms with Gasteiger partial charge in [-0.05, 0) is 18.7 Å². The van der Waals surface area contributed by atoms with E-state index in [1.165, 1.54) is 18.7 Å². The molecule has 0 spiro atoms. The maximum atomic E-state index is 12.6. The van der Waals surface area contributed by atoms with E-state index in [4.69, 9.17) is 5.84 Å². The van der Waals surface area contributed by atoms with E-state index in [-0.39, 0.29) is 26.2 Å². The standard InChI is InChI=1S/C8H8F3N7O2S/c1-3-4(18(19)20)5(16(2)15-3)21-7-14-13-6(17(7)12)8(9,10)11/h12H2,1-2H3. The second-order valence-corrected chi connectivity index (χ2v) is 4.85. The molecule has 0 fully saturated rings. The van der Waals surface area contributed by atoms with E-state index < -0.39 is 16.9 Å². The summed E-state index contributed by atoms with van der Waals surface area (Å²) in [5, 5.41) is 20.7. The van der Waals surface area contributed by atoms with Gasteiger partial charge in [0.2, 0.25) is 5.16 Å². The molecule has 0 bridgehead atoms. The molecule has 114 valence electrons. The Morgan fingerprint density at radius 2 is 2.00 bits per heavy atom. The third-order valence-electron chi connectivity index (χ3n) is 2.43. The minimum Gasteiger partial charge on any atom is -0.335 e. The van der Waals surface area contributed by atoms with Crippen LogP contribution in [-0.4, -0.2) is 29.6 Å². The molecule has 0 saturated heterocycles. The summed E-state index contributed by atoms with van der Waals surface area (Å²) in [4.78, 5) is 10.3. The first-order valence-electron chi connectivity index (χ1n) is 5.26. The van der Waals surface area contributed by atoms with E-state index in [1.54, 1.807) is 0 Å². The normalized spacial score (nSPS) is 11.9. The molecule has 2 aromatic heterocycles. The van der Waals surface area contributed by atoms with E-state index in [2.05, 4.69) is 15.3 Å². The van der Waals surface area contributed by atoms with Crippen molar-refractivity contribution in [3.63, 3.8) is 0 Å². The van der Waals surface area contributed by atoms with Crippen LogP contribution in [0.25, 0.3) is 0 Å². The number of alkyl halides is 3. The average molecular weight is 323 g/mol. The highest BCUT2D eigenvalue weighted by atomic mass is 32.2. The predicted octanol–water partition coefficient (Wildman–Crippen LogP) is 1.11. The number of rotatable bonds is 3. The number of nitrogen functional groups attached to an aromatic ring is 1. The Morgan fingerprint density at radius 3 is 2.48 bits per heavy atom. The van der Waals surface area contributed by atoms with E-state index in [9.17, 15) is 23.3 Å². The molecule has 0 atom stereocenters. The van der Waals surface area contributed by atoms with Gasteiger partial charge in [-0.25, -0.2) is 4.68 Å². The highest BCUT2D eigenvalue weighted by molar-refractivity contribution is 7.99. The van der Waals surface area contributed by atoms with Crippen molar-refractivity contribution < 1.29 is 18.1 Å². The summed E-state index contributed by atoms with van der Waals surface area (Å²) >= 11 is 0.577. The van der Waals surface area contributed by atoms with Gasteiger partial charge in [0.05, 0.1) is 4.92 Å². The summed E-state index contributed by atoms with van der Waals surface area (Å²) in [6.07, 6.45) is -4.77. The fourth-order valence-corrected chi connectivity index (χ4v) is 2.51. The number of halogens is 3. The Kier molecular flexibility index (Phi) is 3.52. The quantitative estimate of drug-likeness (QED) is 0.510. The summed E-state index contributed by atoms with van der Waals surface area (Å²) < 4.78 is 39.1. The number of aromatic nitrogens is 5. The smallest absolute Gasteiger partial charge is 0.335 e. The zero-order chi connectivity index (χ0) is 15.9. The number of nitrogens with zero attached hydrogens (tertiary/aromatic N) is 6. The Hall–Kier alpha value is -2.31. The number of nitrogens with two attached hydrogens (primary N) is 1. The molecule has 21 heavy (non-hydrogen) atoms. The minimum atomic E-state index is -4.77. The van der Waals surface area contributed by atoms with Gasteiger partial charge in [0.15, 0.2) is 5.03 Å². The molecule has 2 N–H and O–H groups in total. The van der Waals surface area contributed by atoms with Gasteiger partial charge in [-0.3, -0.25) is 14.8 Å². The van der Waals surface area contributed by atoms with Crippen LogP contribution in [0.1, 0.15) is 11.5 Å². The van der Waals surface area contributed by atoms with Crippen molar-refractivity contribution in [3.05, 3.63) is 21.6 Å². The first-order valence-corrected chi connectivity index (χ1v) is 6.08. The molecule has 0 saturated carbocycles. The van der Waals surface area contributed by atoms with Crippen LogP contribution < -0.4 is 5.84 Å². The van der Waals surface area contributed by atoms with Crippen molar-refractivity contribution in [3.8, 4) is 0 Å². The third kappa shape index (κ3) is 2.63. The lowest BCUT2D eigenvalue weighted by molar-refractivity contribution is -0.388. The Labute approximate surface area is 119 Å². The highest BCUT2D eigenvalue weighted by Gasteiger charge is 2.39. The topological polar surface area (TPSA) is 118 Å². The Bertz CT molecular complexity index is 708. The zero-order valence-electron chi connectivity index (χ0n) is 10.6. The van der Waals surface area contributed by atoms with Crippen molar-refractivity contribution in [1.29, 1.82) is 0 Å². The van der Waals surface area contributed by atoms with Crippen molar-refractivity contribution >= 4 is 17.4 Å². The maximum absolute atomic E-state index is 12.6. The van der Waals surface area contributed by atoms with Crippen LogP contribution in [0.5, 0.6) is 0 Å². The molecule has 13 heteroatoms. The number of nitro groups is 1. The molecule has 2 rings (SSSR count). The molecule has 0 radical (unpaired) electrons. The fourth-order valence-electron chi connectivity index (χ4n) is 1.58. The van der Waals surface area contributed by atoms with Gasteiger partial charge < -0.3 is 5.84 Å². The van der Waals surface area contributed by atoms with Gasteiger partial charge in [-0.2, -0.15) is 18.3 Å². The molecular weight excluding hydrogens is 315 g/mol. The van der Waals surface area contributed by atoms with Crippen LogP contribution in [0.4, 0.5) is 18.9 Å². The van der Waals surface area contributed by atoms with E-state index in [1.807, 2.05) is 0 Å². The number of hydrogen-bond acceptors (Lipinski definition) is 7.